The number of hydrogen-bond donors (Lipinski definition) is 1. The zero-order chi connectivity index (χ0) is 13.7. The van der Waals surface area contributed by atoms with Gasteiger partial charge >= 0.3 is 0 Å². The lowest BCUT2D eigenvalue weighted by atomic mass is 10.1. The Morgan fingerprint density at radius 3 is 2.68 bits per heavy atom. The summed E-state index contributed by atoms with van der Waals surface area (Å²) in [6.45, 7) is 0.432. The Labute approximate surface area is 121 Å². The standard InChI is InChI=1S/C14H15ClO3S/c1-17-11-3-2-4-12(7-11)18-9-10(8-16)13-5-6-14(15)19-13/h2-7,10,16H,8-9H2,1H3. The highest BCUT2D eigenvalue weighted by atomic mass is 35.5. The third kappa shape index (κ3) is 3.86. The monoisotopic (exact) mass is 298 g/mol. The molecular formula is C14H15ClO3S. The summed E-state index contributed by atoms with van der Waals surface area (Å²) in [5.41, 5.74) is 0. The van der Waals surface area contributed by atoms with Gasteiger partial charge in [0.1, 0.15) is 11.5 Å². The average molecular weight is 299 g/mol. The van der Waals surface area contributed by atoms with Crippen molar-refractivity contribution in [2.24, 2.45) is 0 Å². The van der Waals surface area contributed by atoms with E-state index in [1.54, 1.807) is 7.11 Å². The summed E-state index contributed by atoms with van der Waals surface area (Å²) in [6.07, 6.45) is 0. The van der Waals surface area contributed by atoms with Gasteiger partial charge in [0.15, 0.2) is 0 Å². The highest BCUT2D eigenvalue weighted by Crippen LogP contribution is 2.29. The third-order valence-electron chi connectivity index (χ3n) is 2.71. The summed E-state index contributed by atoms with van der Waals surface area (Å²) in [5.74, 6) is 1.40. The molecule has 1 aromatic carbocycles. The molecule has 0 bridgehead atoms. The molecule has 1 heterocycles. The molecular weight excluding hydrogens is 284 g/mol. The molecule has 1 aromatic heterocycles. The van der Waals surface area contributed by atoms with Gasteiger partial charge in [-0.25, -0.2) is 0 Å². The van der Waals surface area contributed by atoms with Crippen molar-refractivity contribution in [3.05, 3.63) is 45.6 Å². The van der Waals surface area contributed by atoms with Crippen molar-refractivity contribution in [2.75, 3.05) is 20.3 Å². The van der Waals surface area contributed by atoms with E-state index in [-0.39, 0.29) is 12.5 Å². The highest BCUT2D eigenvalue weighted by Gasteiger charge is 2.14. The maximum absolute atomic E-state index is 9.43. The lowest BCUT2D eigenvalue weighted by Gasteiger charge is -2.14. The summed E-state index contributed by atoms with van der Waals surface area (Å²) in [5, 5.41) is 9.43. The summed E-state index contributed by atoms with van der Waals surface area (Å²) >= 11 is 7.36. The lowest BCUT2D eigenvalue weighted by molar-refractivity contribution is 0.206. The molecule has 0 fully saturated rings. The minimum Gasteiger partial charge on any atom is -0.497 e. The molecule has 0 radical (unpaired) electrons. The molecule has 1 atom stereocenters. The minimum absolute atomic E-state index is 0.0286. The Balaban J connectivity index is 1.99. The van der Waals surface area contributed by atoms with Gasteiger partial charge in [0, 0.05) is 10.9 Å². The van der Waals surface area contributed by atoms with Crippen LogP contribution in [0.1, 0.15) is 10.8 Å². The van der Waals surface area contributed by atoms with Crippen LogP contribution in [0.25, 0.3) is 0 Å². The van der Waals surface area contributed by atoms with Crippen LogP contribution in [-0.2, 0) is 0 Å². The summed E-state index contributed by atoms with van der Waals surface area (Å²) < 4.78 is 11.5. The molecule has 1 N–H and O–H groups in total. The Kier molecular flexibility index (Phi) is 5.07. The maximum Gasteiger partial charge on any atom is 0.123 e. The van der Waals surface area contributed by atoms with E-state index in [0.717, 1.165) is 20.7 Å². The molecule has 1 unspecified atom stereocenters. The van der Waals surface area contributed by atoms with Crippen molar-refractivity contribution in [3.8, 4) is 11.5 Å². The number of methoxy groups -OCH3 is 1. The van der Waals surface area contributed by atoms with Gasteiger partial charge < -0.3 is 14.6 Å². The molecule has 5 heteroatoms. The first-order chi connectivity index (χ1) is 9.22. The Morgan fingerprint density at radius 1 is 1.26 bits per heavy atom. The fourth-order valence-electron chi connectivity index (χ4n) is 1.66. The van der Waals surface area contributed by atoms with Gasteiger partial charge in [-0.3, -0.25) is 0 Å². The van der Waals surface area contributed by atoms with Crippen LogP contribution in [0.4, 0.5) is 0 Å². The summed E-state index contributed by atoms with van der Waals surface area (Å²) in [6, 6.07) is 11.1. The van der Waals surface area contributed by atoms with E-state index in [4.69, 9.17) is 21.1 Å². The predicted octanol–water partition coefficient (Wildman–Crippen LogP) is 3.57. The van der Waals surface area contributed by atoms with Gasteiger partial charge in [-0.2, -0.15) is 0 Å². The van der Waals surface area contributed by atoms with Crippen LogP contribution < -0.4 is 9.47 Å². The molecule has 3 nitrogen and oxygen atoms in total. The first-order valence-corrected chi connectivity index (χ1v) is 7.05. The van der Waals surface area contributed by atoms with Crippen molar-refractivity contribution >= 4 is 22.9 Å². The lowest BCUT2D eigenvalue weighted by Crippen LogP contribution is -2.13. The molecule has 0 spiro atoms. The molecule has 2 rings (SSSR count). The number of aliphatic hydroxyl groups is 1. The number of hydrogen-bond acceptors (Lipinski definition) is 4. The summed E-state index contributed by atoms with van der Waals surface area (Å²) in [7, 11) is 1.61. The molecule has 0 saturated heterocycles. The first-order valence-electron chi connectivity index (χ1n) is 5.86. The minimum atomic E-state index is -0.0660. The Morgan fingerprint density at radius 2 is 2.05 bits per heavy atom. The van der Waals surface area contributed by atoms with E-state index in [1.807, 2.05) is 36.4 Å². The van der Waals surface area contributed by atoms with Crippen molar-refractivity contribution in [2.45, 2.75) is 5.92 Å². The average Bonchev–Trinajstić information content (AvgIpc) is 2.86. The molecule has 102 valence electrons. The molecule has 19 heavy (non-hydrogen) atoms. The SMILES string of the molecule is COc1cccc(OCC(CO)c2ccc(Cl)s2)c1. The molecule has 0 aliphatic rings. The number of halogens is 1. The fraction of sp³-hybridized carbons (Fsp3) is 0.286. The number of ether oxygens (including phenoxy) is 2. The van der Waals surface area contributed by atoms with Crippen molar-refractivity contribution in [1.29, 1.82) is 0 Å². The Bertz CT molecular complexity index is 527. The van der Waals surface area contributed by atoms with Crippen molar-refractivity contribution in [3.63, 3.8) is 0 Å². The number of benzene rings is 1. The molecule has 0 saturated carbocycles. The number of aliphatic hydroxyl groups excluding tert-OH is 1. The topological polar surface area (TPSA) is 38.7 Å². The number of thiophene rings is 1. The van der Waals surface area contributed by atoms with Gasteiger partial charge in [0.2, 0.25) is 0 Å². The van der Waals surface area contributed by atoms with E-state index in [1.165, 1.54) is 11.3 Å². The van der Waals surface area contributed by atoms with Crippen LogP contribution >= 0.6 is 22.9 Å². The van der Waals surface area contributed by atoms with Crippen LogP contribution in [-0.4, -0.2) is 25.4 Å². The van der Waals surface area contributed by atoms with E-state index >= 15 is 0 Å². The predicted molar refractivity (Wildman–Crippen MR) is 77.6 cm³/mol. The molecule has 2 aromatic rings. The van der Waals surface area contributed by atoms with E-state index < -0.39 is 0 Å². The largest absolute Gasteiger partial charge is 0.497 e. The smallest absolute Gasteiger partial charge is 0.123 e. The number of rotatable bonds is 6. The van der Waals surface area contributed by atoms with Crippen LogP contribution in [0.5, 0.6) is 11.5 Å². The van der Waals surface area contributed by atoms with E-state index in [9.17, 15) is 5.11 Å². The van der Waals surface area contributed by atoms with Crippen LogP contribution in [0, 0.1) is 0 Å². The van der Waals surface area contributed by atoms with Crippen LogP contribution in [0.15, 0.2) is 36.4 Å². The highest BCUT2D eigenvalue weighted by molar-refractivity contribution is 7.16. The van der Waals surface area contributed by atoms with Crippen LogP contribution in [0.2, 0.25) is 4.34 Å². The molecule has 0 amide bonds. The fourth-order valence-corrected chi connectivity index (χ4v) is 2.80. The second-order valence-corrected chi connectivity index (χ2v) is 5.76. The van der Waals surface area contributed by atoms with E-state index in [0.29, 0.717) is 6.61 Å². The van der Waals surface area contributed by atoms with Crippen molar-refractivity contribution in [1.82, 2.24) is 0 Å². The molecule has 0 aliphatic carbocycles. The summed E-state index contributed by atoms with van der Waals surface area (Å²) in [4.78, 5) is 1.02. The molecule has 0 aliphatic heterocycles. The van der Waals surface area contributed by atoms with E-state index in [2.05, 4.69) is 0 Å². The zero-order valence-electron chi connectivity index (χ0n) is 10.5. The van der Waals surface area contributed by atoms with Crippen molar-refractivity contribution < 1.29 is 14.6 Å². The van der Waals surface area contributed by atoms with Crippen LogP contribution in [0.3, 0.4) is 0 Å². The zero-order valence-corrected chi connectivity index (χ0v) is 12.1. The van der Waals surface area contributed by atoms with Gasteiger partial charge in [-0.15, -0.1) is 11.3 Å². The van der Waals surface area contributed by atoms with Gasteiger partial charge in [0.25, 0.3) is 0 Å². The van der Waals surface area contributed by atoms with Gasteiger partial charge in [-0.05, 0) is 24.3 Å². The van der Waals surface area contributed by atoms with Gasteiger partial charge in [-0.1, -0.05) is 17.7 Å². The second kappa shape index (κ2) is 6.80. The second-order valence-electron chi connectivity index (χ2n) is 4.01. The first kappa shape index (κ1) is 14.2. The quantitative estimate of drug-likeness (QED) is 0.886. The maximum atomic E-state index is 9.43. The normalized spacial score (nSPS) is 12.2. The Hall–Kier alpha value is -1.23. The third-order valence-corrected chi connectivity index (χ3v) is 4.10. The van der Waals surface area contributed by atoms with Gasteiger partial charge in [0.05, 0.1) is 30.6 Å².